The number of amides is 2. The van der Waals surface area contributed by atoms with Gasteiger partial charge in [-0.3, -0.25) is 13.9 Å². The molecule has 2 rings (SSSR count). The van der Waals surface area contributed by atoms with Crippen LogP contribution in [-0.4, -0.2) is 57.6 Å². The normalized spacial score (nSPS) is 12.1. The number of sulfonamides is 1. The monoisotopic (exact) mass is 523 g/mol. The second kappa shape index (κ2) is 12.8. The lowest BCUT2D eigenvalue weighted by Crippen LogP contribution is -2.52. The summed E-state index contributed by atoms with van der Waals surface area (Å²) in [4.78, 5) is 28.1. The summed E-state index contributed by atoms with van der Waals surface area (Å²) >= 11 is 6.22. The maximum atomic E-state index is 13.7. The fourth-order valence-electron chi connectivity index (χ4n) is 3.68. The summed E-state index contributed by atoms with van der Waals surface area (Å²) in [7, 11) is -2.39. The minimum Gasteiger partial charge on any atom is -0.495 e. The molecule has 0 saturated carbocycles. The Morgan fingerprint density at radius 1 is 1.14 bits per heavy atom. The van der Waals surface area contributed by atoms with Gasteiger partial charge in [-0.1, -0.05) is 49.7 Å². The largest absolute Gasteiger partial charge is 0.495 e. The Kier molecular flexibility index (Phi) is 10.4. The number of methoxy groups -OCH3 is 1. The summed E-state index contributed by atoms with van der Waals surface area (Å²) < 4.78 is 31.5. The van der Waals surface area contributed by atoms with Gasteiger partial charge in [0.2, 0.25) is 21.8 Å². The van der Waals surface area contributed by atoms with E-state index in [9.17, 15) is 18.0 Å². The Labute approximate surface area is 213 Å². The topological polar surface area (TPSA) is 96.0 Å². The van der Waals surface area contributed by atoms with Gasteiger partial charge in [0.15, 0.2) is 0 Å². The molecule has 0 aliphatic carbocycles. The zero-order chi connectivity index (χ0) is 26.2. The van der Waals surface area contributed by atoms with E-state index in [1.165, 1.54) is 24.1 Å². The molecule has 0 saturated heterocycles. The van der Waals surface area contributed by atoms with E-state index in [0.29, 0.717) is 18.7 Å². The molecule has 0 radical (unpaired) electrons. The number of carbonyl (C=O) groups excluding carboxylic acids is 2. The van der Waals surface area contributed by atoms with Crippen molar-refractivity contribution in [3.05, 3.63) is 58.6 Å². The molecule has 0 heterocycles. The first-order chi connectivity index (χ1) is 16.5. The molecule has 0 spiro atoms. The Balaban J connectivity index is 2.46. The molecule has 2 amide bonds. The number of halogens is 1. The molecule has 35 heavy (non-hydrogen) atoms. The Hall–Kier alpha value is -2.78. The van der Waals surface area contributed by atoms with Crippen molar-refractivity contribution in [2.45, 2.75) is 46.2 Å². The number of carbonyl (C=O) groups is 2. The highest BCUT2D eigenvalue weighted by Gasteiger charge is 2.32. The minimum absolute atomic E-state index is 0.171. The summed E-state index contributed by atoms with van der Waals surface area (Å²) in [5, 5.41) is 3.07. The molecular formula is C25H34ClN3O5S. The van der Waals surface area contributed by atoms with Crippen molar-refractivity contribution in [3.8, 4) is 5.75 Å². The molecule has 0 fully saturated rings. The average Bonchev–Trinajstić information content (AvgIpc) is 2.81. The van der Waals surface area contributed by atoms with Crippen molar-refractivity contribution in [1.82, 2.24) is 10.2 Å². The lowest BCUT2D eigenvalue weighted by Gasteiger charge is -2.33. The molecule has 8 nitrogen and oxygen atoms in total. The van der Waals surface area contributed by atoms with Gasteiger partial charge in [0.25, 0.3) is 0 Å². The summed E-state index contributed by atoms with van der Waals surface area (Å²) in [5.41, 5.74) is 2.07. The number of anilines is 1. The van der Waals surface area contributed by atoms with Gasteiger partial charge in [-0.05, 0) is 49.1 Å². The summed E-state index contributed by atoms with van der Waals surface area (Å²) in [6.07, 6.45) is 2.16. The predicted molar refractivity (Wildman–Crippen MR) is 139 cm³/mol. The van der Waals surface area contributed by atoms with E-state index in [1.807, 2.05) is 45.0 Å². The highest BCUT2D eigenvalue weighted by Crippen LogP contribution is 2.30. The molecule has 0 aromatic heterocycles. The van der Waals surface area contributed by atoms with Crippen molar-refractivity contribution in [1.29, 1.82) is 0 Å². The predicted octanol–water partition coefficient (Wildman–Crippen LogP) is 3.76. The van der Waals surface area contributed by atoms with Gasteiger partial charge in [-0.15, -0.1) is 0 Å². The Morgan fingerprint density at radius 3 is 2.37 bits per heavy atom. The minimum atomic E-state index is -3.84. The van der Waals surface area contributed by atoms with Gasteiger partial charge in [-0.2, -0.15) is 0 Å². The number of nitrogens with zero attached hydrogens (tertiary/aromatic N) is 2. The molecule has 1 N–H and O–H groups in total. The number of rotatable bonds is 12. The van der Waals surface area contributed by atoms with E-state index in [4.69, 9.17) is 16.3 Å². The highest BCUT2D eigenvalue weighted by molar-refractivity contribution is 7.92. The first-order valence-electron chi connectivity index (χ1n) is 11.5. The second-order valence-electron chi connectivity index (χ2n) is 8.25. The molecule has 0 unspecified atom stereocenters. The van der Waals surface area contributed by atoms with Crippen LogP contribution in [0.1, 0.15) is 37.8 Å². The maximum Gasteiger partial charge on any atom is 0.244 e. The van der Waals surface area contributed by atoms with Crippen LogP contribution in [0.2, 0.25) is 5.02 Å². The lowest BCUT2D eigenvalue weighted by molar-refractivity contribution is -0.140. The van der Waals surface area contributed by atoms with Crippen molar-refractivity contribution in [3.63, 3.8) is 0 Å². The van der Waals surface area contributed by atoms with Gasteiger partial charge >= 0.3 is 0 Å². The molecule has 10 heteroatoms. The van der Waals surface area contributed by atoms with Crippen molar-refractivity contribution in [2.24, 2.45) is 0 Å². The molecule has 0 bridgehead atoms. The maximum absolute atomic E-state index is 13.7. The van der Waals surface area contributed by atoms with Crippen LogP contribution >= 0.6 is 11.6 Å². The number of aryl methyl sites for hydroxylation is 1. The smallest absolute Gasteiger partial charge is 0.244 e. The third-order valence-corrected chi connectivity index (χ3v) is 7.08. The van der Waals surface area contributed by atoms with Crippen LogP contribution < -0.4 is 14.4 Å². The third-order valence-electron chi connectivity index (χ3n) is 5.64. The van der Waals surface area contributed by atoms with Gasteiger partial charge in [0, 0.05) is 13.1 Å². The number of hydrogen-bond donors (Lipinski definition) is 1. The molecule has 1 atom stereocenters. The van der Waals surface area contributed by atoms with E-state index in [1.54, 1.807) is 6.07 Å². The van der Waals surface area contributed by atoms with E-state index >= 15 is 0 Å². The Morgan fingerprint density at radius 2 is 1.83 bits per heavy atom. The fourth-order valence-corrected chi connectivity index (χ4v) is 4.77. The highest BCUT2D eigenvalue weighted by atomic mass is 35.5. The standard InChI is InChI=1S/C25H34ClN3O5S/c1-6-14-27-25(31)22(7-2)28(16-19-11-9-8-10-18(19)3)24(30)17-29(35(5,32)33)20-12-13-23(34-4)21(26)15-20/h8-13,15,22H,6-7,14,16-17H2,1-5H3,(H,27,31)/t22-/m1/s1. The average molecular weight is 524 g/mol. The summed E-state index contributed by atoms with van der Waals surface area (Å²) in [6, 6.07) is 11.3. The molecule has 0 aliphatic rings. The Bertz CT molecular complexity index is 1140. The van der Waals surface area contributed by atoms with Crippen molar-refractivity contribution >= 4 is 39.1 Å². The number of hydrogen-bond acceptors (Lipinski definition) is 5. The van der Waals surface area contributed by atoms with Gasteiger partial charge in [0.05, 0.1) is 24.1 Å². The fraction of sp³-hybridized carbons (Fsp3) is 0.440. The first kappa shape index (κ1) is 28.5. The number of nitrogens with one attached hydrogen (secondary N) is 1. The van der Waals surface area contributed by atoms with Gasteiger partial charge < -0.3 is 15.0 Å². The van der Waals surface area contributed by atoms with E-state index in [-0.39, 0.29) is 23.2 Å². The van der Waals surface area contributed by atoms with Crippen LogP contribution in [0.15, 0.2) is 42.5 Å². The van der Waals surface area contributed by atoms with Crippen molar-refractivity contribution < 1.29 is 22.7 Å². The van der Waals surface area contributed by atoms with E-state index in [2.05, 4.69) is 5.32 Å². The zero-order valence-electron chi connectivity index (χ0n) is 20.9. The quantitative estimate of drug-likeness (QED) is 0.457. The zero-order valence-corrected chi connectivity index (χ0v) is 22.4. The molecule has 2 aromatic carbocycles. The van der Waals surface area contributed by atoms with Crippen LogP contribution in [0.4, 0.5) is 5.69 Å². The number of ether oxygens (including phenoxy) is 1. The second-order valence-corrected chi connectivity index (χ2v) is 10.6. The molecule has 0 aliphatic heterocycles. The van der Waals surface area contributed by atoms with Crippen LogP contribution in [0.25, 0.3) is 0 Å². The van der Waals surface area contributed by atoms with Gasteiger partial charge in [-0.25, -0.2) is 8.42 Å². The van der Waals surface area contributed by atoms with E-state index in [0.717, 1.165) is 28.1 Å². The summed E-state index contributed by atoms with van der Waals surface area (Å²) in [6.45, 7) is 5.88. The van der Waals surface area contributed by atoms with Gasteiger partial charge in [0.1, 0.15) is 18.3 Å². The third kappa shape index (κ3) is 7.60. The van der Waals surface area contributed by atoms with Crippen molar-refractivity contribution in [2.75, 3.05) is 30.8 Å². The molecular weight excluding hydrogens is 490 g/mol. The van der Waals surface area contributed by atoms with Crippen LogP contribution in [-0.2, 0) is 26.2 Å². The van der Waals surface area contributed by atoms with Crippen LogP contribution in [0, 0.1) is 6.92 Å². The summed E-state index contributed by atoms with van der Waals surface area (Å²) in [5.74, 6) is -0.381. The first-order valence-corrected chi connectivity index (χ1v) is 13.7. The van der Waals surface area contributed by atoms with Crippen LogP contribution in [0.3, 0.4) is 0 Å². The molecule has 192 valence electrons. The number of benzene rings is 2. The lowest BCUT2D eigenvalue weighted by atomic mass is 10.1. The van der Waals surface area contributed by atoms with Crippen LogP contribution in [0.5, 0.6) is 5.75 Å². The van der Waals surface area contributed by atoms with E-state index < -0.39 is 28.5 Å². The SMILES string of the molecule is CCCNC(=O)[C@@H](CC)N(Cc1ccccc1C)C(=O)CN(c1ccc(OC)c(Cl)c1)S(C)(=O)=O. The molecule has 2 aromatic rings.